The number of carbonyl (C=O) groups excluding carboxylic acids is 1. The molecule has 1 amide bonds. The molecule has 120 valence electrons. The van der Waals surface area contributed by atoms with Crippen LogP contribution < -0.4 is 10.5 Å². The predicted molar refractivity (Wildman–Crippen MR) is 87.9 cm³/mol. The van der Waals surface area contributed by atoms with Crippen LogP contribution in [0, 0.1) is 0 Å². The van der Waals surface area contributed by atoms with E-state index in [0.29, 0.717) is 13.0 Å². The third-order valence-corrected chi connectivity index (χ3v) is 4.50. The van der Waals surface area contributed by atoms with Gasteiger partial charge in [0.05, 0.1) is 7.11 Å². The number of methoxy groups -OCH3 is 1. The average molecular weight is 311 g/mol. The summed E-state index contributed by atoms with van der Waals surface area (Å²) in [6, 6.07) is 9.54. The Morgan fingerprint density at radius 2 is 2.09 bits per heavy atom. The zero-order valence-electron chi connectivity index (χ0n) is 13.5. The lowest BCUT2D eigenvalue weighted by Gasteiger charge is -2.30. The molecule has 1 atom stereocenters. The van der Waals surface area contributed by atoms with Gasteiger partial charge in [-0.15, -0.1) is 0 Å². The van der Waals surface area contributed by atoms with E-state index >= 15 is 0 Å². The number of hydrogen-bond donors (Lipinski definition) is 1. The summed E-state index contributed by atoms with van der Waals surface area (Å²) in [7, 11) is 3.43. The van der Waals surface area contributed by atoms with Gasteiger partial charge in [0.2, 0.25) is 5.91 Å². The molecular weight excluding hydrogens is 290 g/mol. The van der Waals surface area contributed by atoms with Crippen molar-refractivity contribution >= 4 is 5.91 Å². The van der Waals surface area contributed by atoms with E-state index in [1.54, 1.807) is 31.5 Å². The van der Waals surface area contributed by atoms with Crippen molar-refractivity contribution in [3.05, 3.63) is 59.4 Å². The number of likely N-dealkylation sites (N-methyl/N-ethyl adjacent to an activating group) is 1. The van der Waals surface area contributed by atoms with Gasteiger partial charge in [-0.05, 0) is 47.7 Å². The lowest BCUT2D eigenvalue weighted by Crippen LogP contribution is -2.50. The minimum Gasteiger partial charge on any atom is -0.496 e. The van der Waals surface area contributed by atoms with Crippen molar-refractivity contribution in [2.75, 3.05) is 14.2 Å². The first-order valence-corrected chi connectivity index (χ1v) is 7.66. The van der Waals surface area contributed by atoms with Gasteiger partial charge in [0.1, 0.15) is 11.3 Å². The molecule has 3 rings (SSSR count). The molecule has 0 aliphatic heterocycles. The molecule has 23 heavy (non-hydrogen) atoms. The van der Waals surface area contributed by atoms with Gasteiger partial charge in [-0.25, -0.2) is 0 Å². The second-order valence-electron chi connectivity index (χ2n) is 5.97. The number of fused-ring (bicyclic) bond motifs is 1. The molecule has 0 saturated carbocycles. The zero-order valence-corrected chi connectivity index (χ0v) is 13.5. The van der Waals surface area contributed by atoms with Crippen LogP contribution in [0.2, 0.25) is 0 Å². The molecule has 1 heterocycles. The van der Waals surface area contributed by atoms with Gasteiger partial charge in [-0.1, -0.05) is 12.1 Å². The summed E-state index contributed by atoms with van der Waals surface area (Å²) in [5, 5.41) is 0. The molecular formula is C18H21N3O2. The lowest BCUT2D eigenvalue weighted by atomic mass is 9.91. The molecule has 1 unspecified atom stereocenters. The fourth-order valence-electron chi connectivity index (χ4n) is 3.29. The van der Waals surface area contributed by atoms with Crippen molar-refractivity contribution in [1.82, 2.24) is 9.88 Å². The molecule has 0 radical (unpaired) electrons. The summed E-state index contributed by atoms with van der Waals surface area (Å²) in [4.78, 5) is 18.7. The molecule has 0 saturated heterocycles. The molecule has 2 aromatic rings. The van der Waals surface area contributed by atoms with Crippen LogP contribution in [0.5, 0.6) is 5.75 Å². The van der Waals surface area contributed by atoms with Crippen molar-refractivity contribution in [2.24, 2.45) is 5.73 Å². The van der Waals surface area contributed by atoms with Crippen LogP contribution in [-0.4, -0.2) is 29.9 Å². The number of pyridine rings is 1. The normalized spacial score (nSPS) is 19.3. The highest BCUT2D eigenvalue weighted by molar-refractivity contribution is 5.89. The first-order chi connectivity index (χ1) is 11.1. The van der Waals surface area contributed by atoms with Gasteiger partial charge in [-0.2, -0.15) is 0 Å². The Balaban J connectivity index is 1.86. The largest absolute Gasteiger partial charge is 0.496 e. The summed E-state index contributed by atoms with van der Waals surface area (Å²) in [6.45, 7) is 0.513. The minimum atomic E-state index is -0.981. The van der Waals surface area contributed by atoms with Crippen molar-refractivity contribution in [3.8, 4) is 5.75 Å². The van der Waals surface area contributed by atoms with E-state index in [0.717, 1.165) is 28.9 Å². The van der Waals surface area contributed by atoms with Gasteiger partial charge >= 0.3 is 0 Å². The number of ether oxygens (including phenoxy) is 1. The Morgan fingerprint density at radius 3 is 2.78 bits per heavy atom. The molecule has 1 aliphatic carbocycles. The number of amides is 1. The van der Waals surface area contributed by atoms with Crippen LogP contribution in [0.4, 0.5) is 0 Å². The van der Waals surface area contributed by atoms with E-state index < -0.39 is 5.54 Å². The standard InChI is InChI=1S/C18H21N3O2/c1-21(12-13-7-10-20-11-8-13)17(22)18(19)9-6-14-15(18)4-3-5-16(14)23-2/h3-5,7-8,10-11H,6,9,12,19H2,1-2H3. The summed E-state index contributed by atoms with van der Waals surface area (Å²) in [5.41, 5.74) is 8.51. The Hall–Kier alpha value is -2.40. The second-order valence-corrected chi connectivity index (χ2v) is 5.97. The molecule has 5 nitrogen and oxygen atoms in total. The third-order valence-electron chi connectivity index (χ3n) is 4.50. The van der Waals surface area contributed by atoms with E-state index in [4.69, 9.17) is 10.5 Å². The van der Waals surface area contributed by atoms with Crippen LogP contribution in [0.1, 0.15) is 23.1 Å². The highest BCUT2D eigenvalue weighted by Crippen LogP contribution is 2.40. The maximum Gasteiger partial charge on any atom is 0.247 e. The van der Waals surface area contributed by atoms with Gasteiger partial charge in [0, 0.05) is 26.0 Å². The Bertz CT molecular complexity index is 717. The number of hydrogen-bond acceptors (Lipinski definition) is 4. The molecule has 2 N–H and O–H groups in total. The maximum atomic E-state index is 13.0. The number of nitrogens with zero attached hydrogens (tertiary/aromatic N) is 2. The van der Waals surface area contributed by atoms with Crippen LogP contribution in [-0.2, 0) is 23.3 Å². The number of benzene rings is 1. The molecule has 1 aliphatic rings. The highest BCUT2D eigenvalue weighted by atomic mass is 16.5. The van der Waals surface area contributed by atoms with Gasteiger partial charge < -0.3 is 15.4 Å². The quantitative estimate of drug-likeness (QED) is 0.935. The van der Waals surface area contributed by atoms with Crippen molar-refractivity contribution in [3.63, 3.8) is 0 Å². The van der Waals surface area contributed by atoms with Gasteiger partial charge in [0.25, 0.3) is 0 Å². The third kappa shape index (κ3) is 2.68. The fourth-order valence-corrected chi connectivity index (χ4v) is 3.29. The summed E-state index contributed by atoms with van der Waals surface area (Å²) in [5.74, 6) is 0.737. The zero-order chi connectivity index (χ0) is 16.4. The molecule has 0 bridgehead atoms. The van der Waals surface area contributed by atoms with Crippen molar-refractivity contribution in [1.29, 1.82) is 0 Å². The average Bonchev–Trinajstić information content (AvgIpc) is 2.93. The SMILES string of the molecule is COc1cccc2c1CCC2(N)C(=O)N(C)Cc1ccncc1. The summed E-state index contributed by atoms with van der Waals surface area (Å²) >= 11 is 0. The van der Waals surface area contributed by atoms with Gasteiger partial charge in [0.15, 0.2) is 0 Å². The van der Waals surface area contributed by atoms with Crippen LogP contribution in [0.25, 0.3) is 0 Å². The second kappa shape index (κ2) is 6.01. The summed E-state index contributed by atoms with van der Waals surface area (Å²) in [6.07, 6.45) is 4.80. The fraction of sp³-hybridized carbons (Fsp3) is 0.333. The number of nitrogens with two attached hydrogens (primary N) is 1. The van der Waals surface area contributed by atoms with E-state index in [1.807, 2.05) is 30.3 Å². The Labute approximate surface area is 136 Å². The van der Waals surface area contributed by atoms with E-state index in [-0.39, 0.29) is 5.91 Å². The molecule has 0 spiro atoms. The molecule has 1 aromatic carbocycles. The number of aromatic nitrogens is 1. The Kier molecular flexibility index (Phi) is 4.05. The van der Waals surface area contributed by atoms with Crippen molar-refractivity contribution in [2.45, 2.75) is 24.9 Å². The minimum absolute atomic E-state index is 0.0682. The number of rotatable bonds is 4. The van der Waals surface area contributed by atoms with Crippen LogP contribution >= 0.6 is 0 Å². The highest BCUT2D eigenvalue weighted by Gasteiger charge is 2.44. The topological polar surface area (TPSA) is 68.5 Å². The van der Waals surface area contributed by atoms with Crippen molar-refractivity contribution < 1.29 is 9.53 Å². The molecule has 0 fully saturated rings. The monoisotopic (exact) mass is 311 g/mol. The van der Waals surface area contributed by atoms with Crippen LogP contribution in [0.3, 0.4) is 0 Å². The van der Waals surface area contributed by atoms with Gasteiger partial charge in [-0.3, -0.25) is 9.78 Å². The number of carbonyl (C=O) groups is 1. The maximum absolute atomic E-state index is 13.0. The first kappa shape index (κ1) is 15.5. The van der Waals surface area contributed by atoms with E-state index in [2.05, 4.69) is 4.98 Å². The Morgan fingerprint density at radius 1 is 1.35 bits per heavy atom. The van der Waals surface area contributed by atoms with Crippen LogP contribution in [0.15, 0.2) is 42.7 Å². The smallest absolute Gasteiger partial charge is 0.247 e. The van der Waals surface area contributed by atoms with E-state index in [9.17, 15) is 4.79 Å². The molecule has 1 aromatic heterocycles. The molecule has 5 heteroatoms. The summed E-state index contributed by atoms with van der Waals surface area (Å²) < 4.78 is 5.40. The first-order valence-electron chi connectivity index (χ1n) is 7.66. The van der Waals surface area contributed by atoms with E-state index in [1.165, 1.54) is 0 Å². The predicted octanol–water partition coefficient (Wildman–Crippen LogP) is 1.85. The lowest BCUT2D eigenvalue weighted by molar-refractivity contribution is -0.136.